The maximum absolute atomic E-state index is 6.32. The Morgan fingerprint density at radius 3 is 2.44 bits per heavy atom. The van der Waals surface area contributed by atoms with E-state index in [9.17, 15) is 0 Å². The molecule has 2 heteroatoms. The van der Waals surface area contributed by atoms with Crippen LogP contribution in [-0.2, 0) is 4.74 Å². The van der Waals surface area contributed by atoms with Gasteiger partial charge in [-0.2, -0.15) is 0 Å². The van der Waals surface area contributed by atoms with Crippen LogP contribution < -0.4 is 5.32 Å². The van der Waals surface area contributed by atoms with Crippen molar-refractivity contribution in [1.82, 2.24) is 5.32 Å². The van der Waals surface area contributed by atoms with Crippen LogP contribution in [0.5, 0.6) is 0 Å². The fourth-order valence-electron chi connectivity index (χ4n) is 2.49. The molecule has 1 N–H and O–H groups in total. The first-order valence-corrected chi connectivity index (χ1v) is 7.00. The monoisotopic (exact) mass is 227 g/mol. The zero-order chi connectivity index (χ0) is 12.0. The highest BCUT2D eigenvalue weighted by atomic mass is 16.5. The van der Waals surface area contributed by atoms with Gasteiger partial charge in [0.15, 0.2) is 0 Å². The summed E-state index contributed by atoms with van der Waals surface area (Å²) in [6.45, 7) is 11.0. The van der Waals surface area contributed by atoms with Crippen molar-refractivity contribution in [2.45, 2.75) is 71.5 Å². The molecule has 1 saturated carbocycles. The van der Waals surface area contributed by atoms with Crippen molar-refractivity contribution in [1.29, 1.82) is 0 Å². The lowest BCUT2D eigenvalue weighted by Crippen LogP contribution is -2.47. The van der Waals surface area contributed by atoms with Crippen molar-refractivity contribution in [3.63, 3.8) is 0 Å². The van der Waals surface area contributed by atoms with Crippen LogP contribution in [0.4, 0.5) is 0 Å². The van der Waals surface area contributed by atoms with E-state index in [-0.39, 0.29) is 5.60 Å². The molecule has 0 aromatic rings. The van der Waals surface area contributed by atoms with E-state index >= 15 is 0 Å². The van der Waals surface area contributed by atoms with Crippen LogP contribution in [0.15, 0.2) is 0 Å². The summed E-state index contributed by atoms with van der Waals surface area (Å²) in [5.41, 5.74) is 0.123. The maximum atomic E-state index is 6.32. The van der Waals surface area contributed by atoms with Gasteiger partial charge in [-0.15, -0.1) is 0 Å². The average molecular weight is 227 g/mol. The zero-order valence-corrected chi connectivity index (χ0v) is 11.5. The van der Waals surface area contributed by atoms with Crippen LogP contribution >= 0.6 is 0 Å². The Morgan fingerprint density at radius 2 is 1.94 bits per heavy atom. The fraction of sp³-hybridized carbons (Fsp3) is 1.00. The molecule has 2 nitrogen and oxygen atoms in total. The van der Waals surface area contributed by atoms with Gasteiger partial charge in [0, 0.05) is 6.54 Å². The Bertz CT molecular complexity index is 180. The van der Waals surface area contributed by atoms with E-state index in [0.29, 0.717) is 6.10 Å². The number of rotatable bonds is 6. The molecule has 0 aromatic carbocycles. The van der Waals surface area contributed by atoms with Gasteiger partial charge in [0.2, 0.25) is 0 Å². The van der Waals surface area contributed by atoms with Crippen LogP contribution in [0.1, 0.15) is 59.8 Å². The SMILES string of the molecule is CCNCC1(OC(C)CC)CCC(C)CC1. The smallest absolute Gasteiger partial charge is 0.0810 e. The average Bonchev–Trinajstić information content (AvgIpc) is 2.30. The quantitative estimate of drug-likeness (QED) is 0.751. The molecule has 0 radical (unpaired) electrons. The Labute approximate surface area is 101 Å². The first-order valence-electron chi connectivity index (χ1n) is 7.00. The molecular formula is C14H29NO. The Hall–Kier alpha value is -0.0800. The van der Waals surface area contributed by atoms with Gasteiger partial charge in [0.25, 0.3) is 0 Å². The van der Waals surface area contributed by atoms with Gasteiger partial charge in [-0.3, -0.25) is 0 Å². The van der Waals surface area contributed by atoms with Gasteiger partial charge in [-0.1, -0.05) is 20.8 Å². The Kier molecular flexibility index (Phi) is 5.77. The highest BCUT2D eigenvalue weighted by molar-refractivity contribution is 4.89. The molecule has 0 heterocycles. The van der Waals surface area contributed by atoms with E-state index in [1.807, 2.05) is 0 Å². The van der Waals surface area contributed by atoms with E-state index in [4.69, 9.17) is 4.74 Å². The van der Waals surface area contributed by atoms with E-state index < -0.39 is 0 Å². The summed E-state index contributed by atoms with van der Waals surface area (Å²) >= 11 is 0. The van der Waals surface area contributed by atoms with E-state index in [2.05, 4.69) is 33.0 Å². The molecule has 0 spiro atoms. The second-order valence-electron chi connectivity index (χ2n) is 5.48. The molecule has 0 aliphatic heterocycles. The fourth-order valence-corrected chi connectivity index (χ4v) is 2.49. The van der Waals surface area contributed by atoms with Crippen molar-refractivity contribution in [3.05, 3.63) is 0 Å². The Morgan fingerprint density at radius 1 is 1.31 bits per heavy atom. The number of nitrogens with one attached hydrogen (secondary N) is 1. The zero-order valence-electron chi connectivity index (χ0n) is 11.5. The molecule has 1 aliphatic carbocycles. The van der Waals surface area contributed by atoms with Crippen LogP contribution in [0, 0.1) is 5.92 Å². The number of hydrogen-bond donors (Lipinski definition) is 1. The van der Waals surface area contributed by atoms with E-state index in [1.54, 1.807) is 0 Å². The van der Waals surface area contributed by atoms with Crippen LogP contribution in [-0.4, -0.2) is 24.8 Å². The summed E-state index contributed by atoms with van der Waals surface area (Å²) in [5.74, 6) is 0.885. The van der Waals surface area contributed by atoms with Crippen LogP contribution in [0.25, 0.3) is 0 Å². The van der Waals surface area contributed by atoms with Gasteiger partial charge in [-0.05, 0) is 51.5 Å². The summed E-state index contributed by atoms with van der Waals surface area (Å²) in [6, 6.07) is 0. The topological polar surface area (TPSA) is 21.3 Å². The minimum atomic E-state index is 0.123. The first kappa shape index (κ1) is 14.0. The summed E-state index contributed by atoms with van der Waals surface area (Å²) in [4.78, 5) is 0. The third-order valence-electron chi connectivity index (χ3n) is 3.91. The molecular weight excluding hydrogens is 198 g/mol. The summed E-state index contributed by atoms with van der Waals surface area (Å²) < 4.78 is 6.32. The third-order valence-corrected chi connectivity index (χ3v) is 3.91. The molecule has 1 atom stereocenters. The van der Waals surface area contributed by atoms with Gasteiger partial charge in [-0.25, -0.2) is 0 Å². The maximum Gasteiger partial charge on any atom is 0.0810 e. The summed E-state index contributed by atoms with van der Waals surface area (Å²) in [7, 11) is 0. The van der Waals surface area contributed by atoms with Crippen molar-refractivity contribution < 1.29 is 4.74 Å². The molecule has 96 valence electrons. The number of ether oxygens (including phenoxy) is 1. The van der Waals surface area contributed by atoms with Gasteiger partial charge >= 0.3 is 0 Å². The van der Waals surface area contributed by atoms with Crippen LogP contribution in [0.2, 0.25) is 0 Å². The predicted octanol–water partition coefficient (Wildman–Crippen LogP) is 3.36. The predicted molar refractivity (Wildman–Crippen MR) is 69.7 cm³/mol. The van der Waals surface area contributed by atoms with Gasteiger partial charge < -0.3 is 10.1 Å². The molecule has 1 unspecified atom stereocenters. The highest BCUT2D eigenvalue weighted by Crippen LogP contribution is 2.35. The minimum Gasteiger partial charge on any atom is -0.371 e. The summed E-state index contributed by atoms with van der Waals surface area (Å²) in [5, 5.41) is 3.48. The van der Waals surface area contributed by atoms with Crippen molar-refractivity contribution in [3.8, 4) is 0 Å². The normalized spacial score (nSPS) is 32.6. The largest absolute Gasteiger partial charge is 0.371 e. The standard InChI is InChI=1S/C14H29NO/c1-5-13(4)16-14(11-15-6-2)9-7-12(3)8-10-14/h12-13,15H,5-11H2,1-4H3. The van der Waals surface area contributed by atoms with Crippen molar-refractivity contribution in [2.75, 3.05) is 13.1 Å². The lowest BCUT2D eigenvalue weighted by molar-refractivity contribution is -0.111. The lowest BCUT2D eigenvalue weighted by Gasteiger charge is -2.41. The first-order chi connectivity index (χ1) is 7.62. The highest BCUT2D eigenvalue weighted by Gasteiger charge is 2.35. The second kappa shape index (κ2) is 6.61. The third kappa shape index (κ3) is 4.06. The summed E-state index contributed by atoms with van der Waals surface area (Å²) in [6.07, 6.45) is 6.61. The van der Waals surface area contributed by atoms with Gasteiger partial charge in [0.1, 0.15) is 0 Å². The minimum absolute atomic E-state index is 0.123. The molecule has 16 heavy (non-hydrogen) atoms. The van der Waals surface area contributed by atoms with E-state index in [0.717, 1.165) is 25.4 Å². The molecule has 1 aliphatic rings. The second-order valence-corrected chi connectivity index (χ2v) is 5.48. The molecule has 0 amide bonds. The number of likely N-dealkylation sites (N-methyl/N-ethyl adjacent to an activating group) is 1. The lowest BCUT2D eigenvalue weighted by atomic mass is 9.79. The molecule has 1 rings (SSSR count). The molecule has 0 aromatic heterocycles. The van der Waals surface area contributed by atoms with Crippen molar-refractivity contribution >= 4 is 0 Å². The molecule has 0 saturated heterocycles. The Balaban J connectivity index is 2.53. The van der Waals surface area contributed by atoms with Crippen molar-refractivity contribution in [2.24, 2.45) is 5.92 Å². The number of hydrogen-bond acceptors (Lipinski definition) is 2. The van der Waals surface area contributed by atoms with E-state index in [1.165, 1.54) is 25.7 Å². The van der Waals surface area contributed by atoms with Gasteiger partial charge in [0.05, 0.1) is 11.7 Å². The molecule has 0 bridgehead atoms. The van der Waals surface area contributed by atoms with Crippen LogP contribution in [0.3, 0.4) is 0 Å². The molecule has 1 fully saturated rings.